The zero-order chi connectivity index (χ0) is 14.9. The lowest BCUT2D eigenvalue weighted by Gasteiger charge is -2.12. The first kappa shape index (κ1) is 16.1. The first-order valence-corrected chi connectivity index (χ1v) is 8.85. The van der Waals surface area contributed by atoms with Crippen LogP contribution in [0.1, 0.15) is 39.5 Å². The highest BCUT2D eigenvalue weighted by atomic mass is 32.2. The van der Waals surface area contributed by atoms with Gasteiger partial charge in [0.05, 0.1) is 6.61 Å². The molecule has 0 spiro atoms. The molecule has 118 valence electrons. The van der Waals surface area contributed by atoms with E-state index in [1.54, 1.807) is 0 Å². The zero-order valence-electron chi connectivity index (χ0n) is 12.9. The highest BCUT2D eigenvalue weighted by Gasteiger charge is 2.16. The summed E-state index contributed by atoms with van der Waals surface area (Å²) in [6, 6.07) is 0.395. The fourth-order valence-electron chi connectivity index (χ4n) is 2.02. The first-order chi connectivity index (χ1) is 10.3. The molecule has 0 amide bonds. The summed E-state index contributed by atoms with van der Waals surface area (Å²) in [6.07, 6.45) is 4.54. The van der Waals surface area contributed by atoms with Gasteiger partial charge in [-0.05, 0) is 31.4 Å². The fourth-order valence-corrected chi connectivity index (χ4v) is 3.22. The van der Waals surface area contributed by atoms with Gasteiger partial charge in [0.15, 0.2) is 0 Å². The smallest absolute Gasteiger partial charge is 0.323 e. The van der Waals surface area contributed by atoms with Gasteiger partial charge in [0.2, 0.25) is 11.9 Å². The van der Waals surface area contributed by atoms with E-state index in [0.717, 1.165) is 25.9 Å². The van der Waals surface area contributed by atoms with Crippen molar-refractivity contribution in [2.75, 3.05) is 36.1 Å². The lowest BCUT2D eigenvalue weighted by atomic mass is 10.2. The third kappa shape index (κ3) is 5.57. The van der Waals surface area contributed by atoms with Crippen molar-refractivity contribution in [1.82, 2.24) is 15.0 Å². The molecule has 1 fully saturated rings. The molecule has 0 saturated carbocycles. The van der Waals surface area contributed by atoms with Crippen molar-refractivity contribution in [3.63, 3.8) is 0 Å². The molecule has 2 rings (SSSR count). The van der Waals surface area contributed by atoms with Gasteiger partial charge >= 0.3 is 6.01 Å². The van der Waals surface area contributed by atoms with E-state index in [2.05, 4.69) is 39.4 Å². The predicted molar refractivity (Wildman–Crippen MR) is 88.4 cm³/mol. The minimum atomic E-state index is 0.395. The second kappa shape index (κ2) is 8.92. The molecule has 1 atom stereocenters. The Bertz CT molecular complexity index is 400. The van der Waals surface area contributed by atoms with Crippen molar-refractivity contribution in [2.24, 2.45) is 0 Å². The van der Waals surface area contributed by atoms with Crippen LogP contribution in [0.15, 0.2) is 0 Å². The van der Waals surface area contributed by atoms with Gasteiger partial charge in [-0.25, -0.2) is 0 Å². The Hall–Kier alpha value is -1.24. The molecular formula is C14H25N5OS. The van der Waals surface area contributed by atoms with E-state index in [0.29, 0.717) is 29.8 Å². The zero-order valence-corrected chi connectivity index (χ0v) is 13.7. The van der Waals surface area contributed by atoms with Crippen molar-refractivity contribution in [3.8, 4) is 6.01 Å². The van der Waals surface area contributed by atoms with Crippen molar-refractivity contribution in [2.45, 2.75) is 44.8 Å². The maximum atomic E-state index is 5.54. The second-order valence-corrected chi connectivity index (χ2v) is 6.46. The Balaban J connectivity index is 1.98. The Morgan fingerprint density at radius 3 is 2.62 bits per heavy atom. The van der Waals surface area contributed by atoms with Crippen LogP contribution in [-0.4, -0.2) is 45.7 Å². The molecule has 21 heavy (non-hydrogen) atoms. The van der Waals surface area contributed by atoms with Crippen LogP contribution in [0.5, 0.6) is 6.01 Å². The van der Waals surface area contributed by atoms with Crippen LogP contribution >= 0.6 is 11.8 Å². The molecule has 1 saturated heterocycles. The third-order valence-corrected chi connectivity index (χ3v) is 4.49. The molecule has 2 N–H and O–H groups in total. The average molecular weight is 311 g/mol. The predicted octanol–water partition coefficient (Wildman–Crippen LogP) is 2.79. The summed E-state index contributed by atoms with van der Waals surface area (Å²) >= 11 is 2.02. The van der Waals surface area contributed by atoms with Gasteiger partial charge in [0.25, 0.3) is 0 Å². The number of nitrogens with one attached hydrogen (secondary N) is 2. The lowest BCUT2D eigenvalue weighted by molar-refractivity contribution is 0.292. The Morgan fingerprint density at radius 1 is 1.14 bits per heavy atom. The fraction of sp³-hybridized carbons (Fsp3) is 0.786. The molecule has 2 heterocycles. The van der Waals surface area contributed by atoms with Crippen LogP contribution in [0.3, 0.4) is 0 Å². The molecule has 1 aliphatic rings. The number of aromatic nitrogens is 3. The standard InChI is InChI=1S/C14H25N5OS/c1-3-7-15-12-17-13(16-10-11-6-5-9-21-11)19-14(18-12)20-8-4-2/h11H,3-10H2,1-2H3,(H2,15,16,17,18,19). The normalized spacial score (nSPS) is 17.7. The van der Waals surface area contributed by atoms with Crippen LogP contribution in [0.2, 0.25) is 0 Å². The number of thioether (sulfide) groups is 1. The average Bonchev–Trinajstić information content (AvgIpc) is 3.02. The summed E-state index contributed by atoms with van der Waals surface area (Å²) in [6.45, 7) is 6.53. The lowest BCUT2D eigenvalue weighted by Crippen LogP contribution is -2.17. The van der Waals surface area contributed by atoms with Crippen LogP contribution < -0.4 is 15.4 Å². The number of nitrogens with zero attached hydrogens (tertiary/aromatic N) is 3. The number of hydrogen-bond acceptors (Lipinski definition) is 7. The highest BCUT2D eigenvalue weighted by molar-refractivity contribution is 8.00. The summed E-state index contributed by atoms with van der Waals surface area (Å²) in [5.41, 5.74) is 0. The van der Waals surface area contributed by atoms with E-state index in [-0.39, 0.29) is 0 Å². The van der Waals surface area contributed by atoms with Crippen molar-refractivity contribution >= 4 is 23.7 Å². The monoisotopic (exact) mass is 311 g/mol. The molecule has 1 aliphatic heterocycles. The Kier molecular flexibility index (Phi) is 6.85. The van der Waals surface area contributed by atoms with E-state index in [1.165, 1.54) is 18.6 Å². The van der Waals surface area contributed by atoms with Gasteiger partial charge in [-0.3, -0.25) is 0 Å². The number of rotatable bonds is 9. The van der Waals surface area contributed by atoms with Crippen molar-refractivity contribution < 1.29 is 4.74 Å². The Morgan fingerprint density at radius 2 is 1.95 bits per heavy atom. The largest absolute Gasteiger partial charge is 0.463 e. The second-order valence-electron chi connectivity index (χ2n) is 5.06. The van der Waals surface area contributed by atoms with Crippen molar-refractivity contribution in [3.05, 3.63) is 0 Å². The first-order valence-electron chi connectivity index (χ1n) is 7.80. The SMILES string of the molecule is CCCNc1nc(NCC2CCCS2)nc(OCCC)n1. The molecule has 0 bridgehead atoms. The van der Waals surface area contributed by atoms with Crippen molar-refractivity contribution in [1.29, 1.82) is 0 Å². The molecule has 0 aromatic carbocycles. The van der Waals surface area contributed by atoms with Gasteiger partial charge in [0.1, 0.15) is 0 Å². The van der Waals surface area contributed by atoms with Crippen LogP contribution in [0.25, 0.3) is 0 Å². The maximum absolute atomic E-state index is 5.54. The number of anilines is 2. The highest BCUT2D eigenvalue weighted by Crippen LogP contribution is 2.26. The van der Waals surface area contributed by atoms with Gasteiger partial charge in [0, 0.05) is 18.3 Å². The molecule has 0 aliphatic carbocycles. The summed E-state index contributed by atoms with van der Waals surface area (Å²) < 4.78 is 5.54. The maximum Gasteiger partial charge on any atom is 0.323 e. The number of hydrogen-bond donors (Lipinski definition) is 2. The molecule has 1 aromatic heterocycles. The molecule has 7 heteroatoms. The molecular weight excluding hydrogens is 286 g/mol. The van der Waals surface area contributed by atoms with Gasteiger partial charge < -0.3 is 15.4 Å². The minimum absolute atomic E-state index is 0.395. The van der Waals surface area contributed by atoms with Crippen LogP contribution in [-0.2, 0) is 0 Å². The van der Waals surface area contributed by atoms with Crippen LogP contribution in [0.4, 0.5) is 11.9 Å². The molecule has 1 unspecified atom stereocenters. The van der Waals surface area contributed by atoms with E-state index in [4.69, 9.17) is 4.74 Å². The number of ether oxygens (including phenoxy) is 1. The van der Waals surface area contributed by atoms with E-state index in [1.807, 2.05) is 11.8 Å². The van der Waals surface area contributed by atoms with Gasteiger partial charge in [-0.15, -0.1) is 0 Å². The van der Waals surface area contributed by atoms with E-state index < -0.39 is 0 Å². The molecule has 0 radical (unpaired) electrons. The molecule has 1 aromatic rings. The van der Waals surface area contributed by atoms with E-state index >= 15 is 0 Å². The third-order valence-electron chi connectivity index (χ3n) is 3.10. The minimum Gasteiger partial charge on any atom is -0.463 e. The topological polar surface area (TPSA) is 72.0 Å². The summed E-state index contributed by atoms with van der Waals surface area (Å²) in [7, 11) is 0. The quantitative estimate of drug-likeness (QED) is 0.726. The van der Waals surface area contributed by atoms with Crippen LogP contribution in [0, 0.1) is 0 Å². The summed E-state index contributed by atoms with van der Waals surface area (Å²) in [5, 5.41) is 7.17. The Labute approximate surface area is 130 Å². The summed E-state index contributed by atoms with van der Waals surface area (Å²) in [4.78, 5) is 13.0. The summed E-state index contributed by atoms with van der Waals surface area (Å²) in [5.74, 6) is 2.44. The van der Waals surface area contributed by atoms with Gasteiger partial charge in [-0.2, -0.15) is 26.7 Å². The van der Waals surface area contributed by atoms with Gasteiger partial charge in [-0.1, -0.05) is 13.8 Å². The molecule has 6 nitrogen and oxygen atoms in total. The van der Waals surface area contributed by atoms with E-state index in [9.17, 15) is 0 Å².